The van der Waals surface area contributed by atoms with E-state index in [2.05, 4.69) is 15.6 Å². The Morgan fingerprint density at radius 1 is 1.08 bits per heavy atom. The number of nitrogens with zero attached hydrogens (tertiary/aromatic N) is 3. The van der Waals surface area contributed by atoms with E-state index in [4.69, 9.17) is 11.6 Å². The third kappa shape index (κ3) is 4.48. The number of carbonyl (C=O) groups excluding carboxylic acids is 3. The number of aryl methyl sites for hydroxylation is 1. The van der Waals surface area contributed by atoms with E-state index >= 15 is 0 Å². The zero-order valence-corrected chi connectivity index (χ0v) is 21.0. The van der Waals surface area contributed by atoms with Gasteiger partial charge >= 0.3 is 0 Å². The Bertz CT molecular complexity index is 1330. The molecule has 1 aliphatic carbocycles. The minimum Gasteiger partial charge on any atom is -0.350 e. The molecule has 8 nitrogen and oxygen atoms in total. The van der Waals surface area contributed by atoms with Crippen LogP contribution < -0.4 is 10.6 Å². The molecule has 3 amide bonds. The normalized spacial score (nSPS) is 19.1. The molecule has 0 unspecified atom stereocenters. The van der Waals surface area contributed by atoms with Gasteiger partial charge in [-0.25, -0.2) is 4.98 Å². The van der Waals surface area contributed by atoms with Gasteiger partial charge in [0.2, 0.25) is 5.91 Å². The Labute approximate surface area is 214 Å². The van der Waals surface area contributed by atoms with Crippen LogP contribution in [-0.2, 0) is 24.4 Å². The molecule has 1 aromatic heterocycles. The molecule has 1 fully saturated rings. The van der Waals surface area contributed by atoms with Crippen molar-refractivity contribution in [3.8, 4) is 0 Å². The highest BCUT2D eigenvalue weighted by atomic mass is 35.5. The molecule has 2 heterocycles. The zero-order chi connectivity index (χ0) is 25.4. The predicted octanol–water partition coefficient (Wildman–Crippen LogP) is 3.47. The van der Waals surface area contributed by atoms with E-state index in [9.17, 15) is 14.4 Å². The van der Waals surface area contributed by atoms with Crippen LogP contribution in [0.5, 0.6) is 0 Å². The summed E-state index contributed by atoms with van der Waals surface area (Å²) in [6.07, 6.45) is 3.12. The van der Waals surface area contributed by atoms with Crippen molar-refractivity contribution in [1.29, 1.82) is 0 Å². The minimum absolute atomic E-state index is 0.0321. The van der Waals surface area contributed by atoms with Gasteiger partial charge in [0.25, 0.3) is 11.8 Å². The monoisotopic (exact) mass is 505 g/mol. The first-order valence-electron chi connectivity index (χ1n) is 12.0. The van der Waals surface area contributed by atoms with Gasteiger partial charge in [0, 0.05) is 24.2 Å². The molecule has 0 radical (unpaired) electrons. The average molecular weight is 506 g/mol. The molecule has 1 atom stereocenters. The van der Waals surface area contributed by atoms with Gasteiger partial charge in [-0.1, -0.05) is 59.6 Å². The lowest BCUT2D eigenvalue weighted by Crippen LogP contribution is -2.64. The number of imidazole rings is 1. The van der Waals surface area contributed by atoms with Crippen LogP contribution in [-0.4, -0.2) is 43.8 Å². The van der Waals surface area contributed by atoms with Gasteiger partial charge in [0.15, 0.2) is 5.69 Å². The van der Waals surface area contributed by atoms with Gasteiger partial charge in [0.05, 0.1) is 12.9 Å². The van der Waals surface area contributed by atoms with Crippen LogP contribution >= 0.6 is 11.6 Å². The molecule has 1 aliphatic heterocycles. The highest BCUT2D eigenvalue weighted by Crippen LogP contribution is 2.38. The van der Waals surface area contributed by atoms with Gasteiger partial charge < -0.3 is 20.1 Å². The molecule has 2 N–H and O–H groups in total. The highest BCUT2D eigenvalue weighted by Gasteiger charge is 2.53. The first-order valence-corrected chi connectivity index (χ1v) is 12.4. The van der Waals surface area contributed by atoms with Crippen molar-refractivity contribution in [3.63, 3.8) is 0 Å². The number of hydrogen-bond donors (Lipinski definition) is 2. The van der Waals surface area contributed by atoms with Crippen LogP contribution in [0.4, 0.5) is 0 Å². The van der Waals surface area contributed by atoms with Gasteiger partial charge in [-0.15, -0.1) is 0 Å². The second kappa shape index (κ2) is 9.43. The van der Waals surface area contributed by atoms with Crippen molar-refractivity contribution >= 4 is 29.3 Å². The summed E-state index contributed by atoms with van der Waals surface area (Å²) in [5.74, 6) is -1.04. The summed E-state index contributed by atoms with van der Waals surface area (Å²) in [5, 5.41) is 6.37. The van der Waals surface area contributed by atoms with Crippen LogP contribution in [0.15, 0.2) is 54.9 Å². The fourth-order valence-electron chi connectivity index (χ4n) is 4.70. The Morgan fingerprint density at radius 3 is 2.50 bits per heavy atom. The van der Waals surface area contributed by atoms with E-state index in [1.165, 1.54) is 6.33 Å². The first kappa shape index (κ1) is 24.1. The smallest absolute Gasteiger partial charge is 0.274 e. The summed E-state index contributed by atoms with van der Waals surface area (Å²) in [6.45, 7) is 4.60. The number of benzene rings is 2. The van der Waals surface area contributed by atoms with Gasteiger partial charge in [-0.2, -0.15) is 0 Å². The van der Waals surface area contributed by atoms with Crippen molar-refractivity contribution in [2.24, 2.45) is 0 Å². The zero-order valence-electron chi connectivity index (χ0n) is 20.3. The molecule has 2 aromatic carbocycles. The number of rotatable bonds is 7. The van der Waals surface area contributed by atoms with Crippen LogP contribution in [0.25, 0.3) is 0 Å². The minimum atomic E-state index is -1.10. The second-order valence-electron chi connectivity index (χ2n) is 9.69. The molecule has 0 saturated heterocycles. The van der Waals surface area contributed by atoms with Gasteiger partial charge in [0.1, 0.15) is 11.2 Å². The lowest BCUT2D eigenvalue weighted by molar-refractivity contribution is -0.133. The SMILES string of the molecule is Cc1ccc(CNC(=O)[C@]2(C)Cn3cnc(C(=O)NCc4ccccc4Cl)c3C(=O)N2C2CC2)cc1. The predicted molar refractivity (Wildman–Crippen MR) is 135 cm³/mol. The number of carbonyl (C=O) groups is 3. The quantitative estimate of drug-likeness (QED) is 0.514. The molecule has 186 valence electrons. The third-order valence-corrected chi connectivity index (χ3v) is 7.22. The largest absolute Gasteiger partial charge is 0.350 e. The standard InChI is InChI=1S/C27H28ClN5O3/c1-17-7-9-18(10-8-17)13-30-26(36)27(2)15-32-16-31-22(23(32)25(35)33(27)20-11-12-20)24(34)29-14-19-5-3-4-6-21(19)28/h3-10,16,20H,11-15H2,1-2H3,(H,29,34)(H,30,36)/t27-/m0/s1. The fraction of sp³-hybridized carbons (Fsp3) is 0.333. The lowest BCUT2D eigenvalue weighted by Gasteiger charge is -2.44. The highest BCUT2D eigenvalue weighted by molar-refractivity contribution is 6.31. The van der Waals surface area contributed by atoms with Crippen LogP contribution in [0.1, 0.15) is 57.4 Å². The molecule has 0 spiro atoms. The maximum absolute atomic E-state index is 13.7. The van der Waals surface area contributed by atoms with E-state index in [-0.39, 0.29) is 42.3 Å². The van der Waals surface area contributed by atoms with E-state index in [0.717, 1.165) is 29.5 Å². The molecule has 1 saturated carbocycles. The molecule has 9 heteroatoms. The molecule has 36 heavy (non-hydrogen) atoms. The van der Waals surface area contributed by atoms with Crippen LogP contribution in [0, 0.1) is 6.92 Å². The van der Waals surface area contributed by atoms with E-state index in [1.807, 2.05) is 49.4 Å². The maximum atomic E-state index is 13.7. The van der Waals surface area contributed by atoms with E-state index in [1.54, 1.807) is 22.5 Å². The molecule has 3 aromatic rings. The lowest BCUT2D eigenvalue weighted by atomic mass is 9.93. The fourth-order valence-corrected chi connectivity index (χ4v) is 4.90. The summed E-state index contributed by atoms with van der Waals surface area (Å²) in [6, 6.07) is 15.2. The topological polar surface area (TPSA) is 96.3 Å². The number of fused-ring (bicyclic) bond motifs is 1. The van der Waals surface area contributed by atoms with Crippen molar-refractivity contribution in [2.75, 3.05) is 0 Å². The second-order valence-corrected chi connectivity index (χ2v) is 10.1. The van der Waals surface area contributed by atoms with Gasteiger partial charge in [-0.3, -0.25) is 14.4 Å². The Morgan fingerprint density at radius 2 is 1.81 bits per heavy atom. The Hall–Kier alpha value is -3.65. The van der Waals surface area contributed by atoms with Gasteiger partial charge in [-0.05, 0) is 43.9 Å². The molecule has 0 bridgehead atoms. The summed E-state index contributed by atoms with van der Waals surface area (Å²) in [4.78, 5) is 46.1. The van der Waals surface area contributed by atoms with Crippen molar-refractivity contribution in [2.45, 2.75) is 57.9 Å². The first-order chi connectivity index (χ1) is 17.3. The molecule has 2 aliphatic rings. The van der Waals surface area contributed by atoms with E-state index in [0.29, 0.717) is 11.6 Å². The summed E-state index contributed by atoms with van der Waals surface area (Å²) in [5.41, 5.74) is 2.07. The van der Waals surface area contributed by atoms with E-state index < -0.39 is 11.4 Å². The molecular formula is C27H28ClN5O3. The summed E-state index contributed by atoms with van der Waals surface area (Å²) in [7, 11) is 0. The Kier molecular flexibility index (Phi) is 6.30. The summed E-state index contributed by atoms with van der Waals surface area (Å²) >= 11 is 6.20. The van der Waals surface area contributed by atoms with Crippen molar-refractivity contribution in [1.82, 2.24) is 25.1 Å². The molecular weight excluding hydrogens is 478 g/mol. The number of nitrogens with one attached hydrogen (secondary N) is 2. The Balaban J connectivity index is 1.36. The number of hydrogen-bond acceptors (Lipinski definition) is 4. The number of halogens is 1. The van der Waals surface area contributed by atoms with Crippen molar-refractivity contribution < 1.29 is 14.4 Å². The molecule has 5 rings (SSSR count). The number of amides is 3. The van der Waals surface area contributed by atoms with Crippen LogP contribution in [0.2, 0.25) is 5.02 Å². The average Bonchev–Trinajstić information content (AvgIpc) is 3.60. The van der Waals surface area contributed by atoms with Crippen molar-refractivity contribution in [3.05, 3.63) is 88.0 Å². The maximum Gasteiger partial charge on any atom is 0.274 e. The third-order valence-electron chi connectivity index (χ3n) is 6.86. The number of aromatic nitrogens is 2. The van der Waals surface area contributed by atoms with Crippen LogP contribution in [0.3, 0.4) is 0 Å². The summed E-state index contributed by atoms with van der Waals surface area (Å²) < 4.78 is 1.62.